The number of rotatable bonds is 5. The minimum Gasteiger partial charge on any atom is -0.406 e. The van der Waals surface area contributed by atoms with Gasteiger partial charge in [0.2, 0.25) is 5.89 Å². The Morgan fingerprint density at radius 2 is 2.22 bits per heavy atom. The molecule has 2 aromatic rings. The van der Waals surface area contributed by atoms with Crippen molar-refractivity contribution in [2.75, 3.05) is 11.9 Å². The largest absolute Gasteiger partial charge is 0.406 e. The highest BCUT2D eigenvalue weighted by atomic mass is 16.4. The van der Waals surface area contributed by atoms with Crippen molar-refractivity contribution >= 4 is 6.01 Å². The van der Waals surface area contributed by atoms with E-state index >= 15 is 0 Å². The number of benzene rings is 1. The number of hydrogen-bond acceptors (Lipinski definition) is 5. The van der Waals surface area contributed by atoms with E-state index in [1.54, 1.807) is 0 Å². The molecule has 5 heteroatoms. The summed E-state index contributed by atoms with van der Waals surface area (Å²) in [4.78, 5) is 0. The average Bonchev–Trinajstić information content (AvgIpc) is 2.78. The van der Waals surface area contributed by atoms with Crippen LogP contribution in [0.1, 0.15) is 30.0 Å². The first-order valence-electron chi connectivity index (χ1n) is 6.03. The number of anilines is 1. The number of nitrogens with zero attached hydrogens (tertiary/aromatic N) is 2. The third-order valence-electron chi connectivity index (χ3n) is 2.60. The van der Waals surface area contributed by atoms with Gasteiger partial charge in [0.1, 0.15) is 0 Å². The molecule has 5 nitrogen and oxygen atoms in total. The predicted molar refractivity (Wildman–Crippen MR) is 70.3 cm³/mol. The standard InChI is InChI=1S/C13H18N4O/c1-9-4-3-5-11(8-9)6-7-15-13-17-16-12(18-13)10(2)14/h3-5,8,10H,6-7,14H2,1-2H3,(H,15,17). The van der Waals surface area contributed by atoms with Gasteiger partial charge in [-0.15, -0.1) is 5.10 Å². The maximum atomic E-state index is 5.64. The van der Waals surface area contributed by atoms with Crippen molar-refractivity contribution in [3.05, 3.63) is 41.3 Å². The smallest absolute Gasteiger partial charge is 0.315 e. The zero-order chi connectivity index (χ0) is 13.0. The second-order valence-corrected chi connectivity index (χ2v) is 4.40. The molecule has 1 aromatic carbocycles. The predicted octanol–water partition coefficient (Wildman–Crippen LogP) is 2.05. The van der Waals surface area contributed by atoms with Crippen LogP contribution in [0.2, 0.25) is 0 Å². The Bertz CT molecular complexity index is 507. The molecule has 2 rings (SSSR count). The van der Waals surface area contributed by atoms with E-state index in [-0.39, 0.29) is 6.04 Å². The van der Waals surface area contributed by atoms with Gasteiger partial charge >= 0.3 is 6.01 Å². The molecule has 1 unspecified atom stereocenters. The molecule has 1 heterocycles. The van der Waals surface area contributed by atoms with Gasteiger partial charge in [-0.1, -0.05) is 34.9 Å². The van der Waals surface area contributed by atoms with Crippen LogP contribution in [0.4, 0.5) is 6.01 Å². The van der Waals surface area contributed by atoms with Gasteiger partial charge < -0.3 is 15.5 Å². The number of aryl methyl sites for hydroxylation is 1. The second kappa shape index (κ2) is 5.64. The van der Waals surface area contributed by atoms with Crippen molar-refractivity contribution in [3.8, 4) is 0 Å². The Morgan fingerprint density at radius 3 is 2.89 bits per heavy atom. The van der Waals surface area contributed by atoms with Gasteiger partial charge in [-0.3, -0.25) is 0 Å². The second-order valence-electron chi connectivity index (χ2n) is 4.40. The third kappa shape index (κ3) is 3.30. The zero-order valence-corrected chi connectivity index (χ0v) is 10.7. The fraction of sp³-hybridized carbons (Fsp3) is 0.385. The Morgan fingerprint density at radius 1 is 1.39 bits per heavy atom. The number of nitrogens with two attached hydrogens (primary N) is 1. The third-order valence-corrected chi connectivity index (χ3v) is 2.60. The highest BCUT2D eigenvalue weighted by molar-refractivity contribution is 5.24. The van der Waals surface area contributed by atoms with Crippen LogP contribution in [0.15, 0.2) is 28.7 Å². The van der Waals surface area contributed by atoms with Gasteiger partial charge in [-0.25, -0.2) is 0 Å². The highest BCUT2D eigenvalue weighted by Gasteiger charge is 2.08. The van der Waals surface area contributed by atoms with Crippen molar-refractivity contribution in [2.45, 2.75) is 26.3 Å². The molecule has 0 aliphatic heterocycles. The molecule has 0 radical (unpaired) electrons. The van der Waals surface area contributed by atoms with Gasteiger partial charge in [-0.05, 0) is 25.8 Å². The van der Waals surface area contributed by atoms with Crippen LogP contribution in [0.25, 0.3) is 0 Å². The molecule has 0 aliphatic rings. The van der Waals surface area contributed by atoms with E-state index in [0.29, 0.717) is 11.9 Å². The number of aromatic nitrogens is 2. The van der Waals surface area contributed by atoms with E-state index in [2.05, 4.69) is 46.7 Å². The van der Waals surface area contributed by atoms with Gasteiger partial charge in [0.15, 0.2) is 0 Å². The number of hydrogen-bond donors (Lipinski definition) is 2. The summed E-state index contributed by atoms with van der Waals surface area (Å²) in [5, 5.41) is 10.8. The van der Waals surface area contributed by atoms with Crippen LogP contribution in [0, 0.1) is 6.92 Å². The summed E-state index contributed by atoms with van der Waals surface area (Å²) in [6, 6.07) is 8.62. The van der Waals surface area contributed by atoms with E-state index in [4.69, 9.17) is 10.2 Å². The molecule has 1 aromatic heterocycles. The molecule has 96 valence electrons. The van der Waals surface area contributed by atoms with Crippen molar-refractivity contribution in [1.82, 2.24) is 10.2 Å². The quantitative estimate of drug-likeness (QED) is 0.844. The summed E-state index contributed by atoms with van der Waals surface area (Å²) in [5.74, 6) is 0.452. The first-order valence-corrected chi connectivity index (χ1v) is 6.03. The fourth-order valence-corrected chi connectivity index (χ4v) is 1.67. The van der Waals surface area contributed by atoms with Gasteiger partial charge in [-0.2, -0.15) is 0 Å². The Labute approximate surface area is 106 Å². The number of nitrogens with one attached hydrogen (secondary N) is 1. The lowest BCUT2D eigenvalue weighted by atomic mass is 10.1. The Hall–Kier alpha value is -1.88. The minimum atomic E-state index is -0.232. The lowest BCUT2D eigenvalue weighted by Gasteiger charge is -2.03. The first-order chi connectivity index (χ1) is 8.65. The summed E-state index contributed by atoms with van der Waals surface area (Å²) >= 11 is 0. The van der Waals surface area contributed by atoms with Crippen LogP contribution in [0.5, 0.6) is 0 Å². The Kier molecular flexibility index (Phi) is 3.94. The summed E-state index contributed by atoms with van der Waals surface area (Å²) in [7, 11) is 0. The van der Waals surface area contributed by atoms with E-state index in [9.17, 15) is 0 Å². The minimum absolute atomic E-state index is 0.232. The maximum absolute atomic E-state index is 5.64. The topological polar surface area (TPSA) is 77.0 Å². The van der Waals surface area contributed by atoms with E-state index in [1.165, 1.54) is 11.1 Å². The summed E-state index contributed by atoms with van der Waals surface area (Å²) in [5.41, 5.74) is 8.19. The molecule has 0 aliphatic carbocycles. The summed E-state index contributed by atoms with van der Waals surface area (Å²) in [6.45, 7) is 4.65. The van der Waals surface area contributed by atoms with Gasteiger partial charge in [0.25, 0.3) is 0 Å². The van der Waals surface area contributed by atoms with Crippen molar-refractivity contribution in [2.24, 2.45) is 5.73 Å². The van der Waals surface area contributed by atoms with Crippen LogP contribution >= 0.6 is 0 Å². The molecular formula is C13H18N4O. The Balaban J connectivity index is 1.84. The molecular weight excluding hydrogens is 228 g/mol. The lowest BCUT2D eigenvalue weighted by molar-refractivity contribution is 0.473. The summed E-state index contributed by atoms with van der Waals surface area (Å²) < 4.78 is 5.35. The molecule has 1 atom stereocenters. The van der Waals surface area contributed by atoms with Crippen molar-refractivity contribution in [1.29, 1.82) is 0 Å². The van der Waals surface area contributed by atoms with E-state index in [1.807, 2.05) is 6.92 Å². The normalized spacial score (nSPS) is 12.4. The highest BCUT2D eigenvalue weighted by Crippen LogP contribution is 2.11. The van der Waals surface area contributed by atoms with Crippen LogP contribution < -0.4 is 11.1 Å². The average molecular weight is 246 g/mol. The van der Waals surface area contributed by atoms with Crippen LogP contribution in [-0.4, -0.2) is 16.7 Å². The summed E-state index contributed by atoms with van der Waals surface area (Å²) in [6.07, 6.45) is 0.914. The lowest BCUT2D eigenvalue weighted by Crippen LogP contribution is -2.05. The maximum Gasteiger partial charge on any atom is 0.315 e. The van der Waals surface area contributed by atoms with Crippen LogP contribution in [-0.2, 0) is 6.42 Å². The first kappa shape index (κ1) is 12.6. The van der Waals surface area contributed by atoms with Gasteiger partial charge in [0.05, 0.1) is 6.04 Å². The van der Waals surface area contributed by atoms with Gasteiger partial charge in [0, 0.05) is 6.54 Å². The molecule has 0 amide bonds. The van der Waals surface area contributed by atoms with Crippen molar-refractivity contribution < 1.29 is 4.42 Å². The zero-order valence-electron chi connectivity index (χ0n) is 10.7. The molecule has 18 heavy (non-hydrogen) atoms. The SMILES string of the molecule is Cc1cccc(CCNc2nnc(C(C)N)o2)c1. The van der Waals surface area contributed by atoms with Crippen molar-refractivity contribution in [3.63, 3.8) is 0 Å². The molecule has 0 spiro atoms. The van der Waals surface area contributed by atoms with E-state index in [0.717, 1.165) is 13.0 Å². The molecule has 0 fully saturated rings. The molecule has 0 bridgehead atoms. The molecule has 0 saturated heterocycles. The fourth-order valence-electron chi connectivity index (χ4n) is 1.67. The molecule has 0 saturated carbocycles. The molecule has 3 N–H and O–H groups in total. The monoisotopic (exact) mass is 246 g/mol. The van der Waals surface area contributed by atoms with E-state index < -0.39 is 0 Å². The van der Waals surface area contributed by atoms with Crippen LogP contribution in [0.3, 0.4) is 0 Å².